The van der Waals surface area contributed by atoms with E-state index in [0.717, 1.165) is 31.4 Å². The molecule has 0 bridgehead atoms. The summed E-state index contributed by atoms with van der Waals surface area (Å²) in [6.07, 6.45) is -2.25. The minimum atomic E-state index is -4.62. The van der Waals surface area contributed by atoms with Crippen molar-refractivity contribution in [1.82, 2.24) is 0 Å². The van der Waals surface area contributed by atoms with Gasteiger partial charge in [-0.2, -0.15) is 13.2 Å². The number of hydrogen-bond acceptors (Lipinski definition) is 1. The van der Waals surface area contributed by atoms with Crippen LogP contribution in [0.3, 0.4) is 0 Å². The third-order valence-corrected chi connectivity index (χ3v) is 3.72. The molecule has 1 aliphatic carbocycles. The van der Waals surface area contributed by atoms with Gasteiger partial charge in [0.05, 0.1) is 10.6 Å². The Labute approximate surface area is 119 Å². The molecule has 1 atom stereocenters. The molecule has 7 heteroatoms. The first-order chi connectivity index (χ1) is 8.32. The first-order valence-electron chi connectivity index (χ1n) is 5.63. The van der Waals surface area contributed by atoms with Crippen LogP contribution >= 0.6 is 24.0 Å². The Bertz CT molecular complexity index is 458. The lowest BCUT2D eigenvalue weighted by Crippen LogP contribution is -2.30. The topological polar surface area (TPSA) is 26.0 Å². The number of rotatable bonds is 2. The molecule has 1 saturated carbocycles. The van der Waals surface area contributed by atoms with Gasteiger partial charge in [0, 0.05) is 11.6 Å². The van der Waals surface area contributed by atoms with E-state index in [4.69, 9.17) is 17.3 Å². The Kier molecular flexibility index (Phi) is 5.09. The molecule has 0 unspecified atom stereocenters. The van der Waals surface area contributed by atoms with Crippen LogP contribution in [-0.4, -0.2) is 0 Å². The standard InChI is InChI=1S/C12H12ClF4N.ClH/c13-8-5-4-7(12(15,16)17)9(10(8)14)11(18)6-2-1-3-6;/h4-6,11H,1-3,18H2;1H/t11-;/m1./s1. The zero-order valence-electron chi connectivity index (χ0n) is 9.81. The smallest absolute Gasteiger partial charge is 0.324 e. The Morgan fingerprint density at radius 3 is 2.26 bits per heavy atom. The molecular weight excluding hydrogens is 305 g/mol. The van der Waals surface area contributed by atoms with E-state index in [2.05, 4.69) is 0 Å². The molecule has 2 rings (SSSR count). The molecule has 1 aliphatic rings. The molecule has 0 saturated heterocycles. The fourth-order valence-electron chi connectivity index (χ4n) is 2.17. The highest BCUT2D eigenvalue weighted by Gasteiger charge is 2.39. The molecule has 1 nitrogen and oxygen atoms in total. The lowest BCUT2D eigenvalue weighted by molar-refractivity contribution is -0.138. The van der Waals surface area contributed by atoms with Gasteiger partial charge in [-0.15, -0.1) is 12.4 Å². The quantitative estimate of drug-likeness (QED) is 0.785. The van der Waals surface area contributed by atoms with Crippen molar-refractivity contribution in [2.75, 3.05) is 0 Å². The van der Waals surface area contributed by atoms with Crippen LogP contribution in [0, 0.1) is 11.7 Å². The molecule has 108 valence electrons. The second-order valence-electron chi connectivity index (χ2n) is 4.54. The summed E-state index contributed by atoms with van der Waals surface area (Å²) in [6, 6.07) is 0.754. The Morgan fingerprint density at radius 2 is 1.84 bits per heavy atom. The fraction of sp³-hybridized carbons (Fsp3) is 0.500. The summed E-state index contributed by atoms with van der Waals surface area (Å²) in [7, 11) is 0. The summed E-state index contributed by atoms with van der Waals surface area (Å²) in [5.74, 6) is -1.15. The van der Waals surface area contributed by atoms with E-state index >= 15 is 0 Å². The van der Waals surface area contributed by atoms with Gasteiger partial charge in [-0.05, 0) is 30.9 Å². The minimum Gasteiger partial charge on any atom is -0.324 e. The number of hydrogen-bond donors (Lipinski definition) is 1. The Morgan fingerprint density at radius 1 is 1.26 bits per heavy atom. The molecule has 0 radical (unpaired) electrons. The number of nitrogens with two attached hydrogens (primary N) is 1. The second kappa shape index (κ2) is 5.85. The predicted molar refractivity (Wildman–Crippen MR) is 67.9 cm³/mol. The van der Waals surface area contributed by atoms with E-state index < -0.39 is 29.2 Å². The van der Waals surface area contributed by atoms with Crippen molar-refractivity contribution in [3.8, 4) is 0 Å². The largest absolute Gasteiger partial charge is 0.416 e. The van der Waals surface area contributed by atoms with Crippen LogP contribution in [0.15, 0.2) is 12.1 Å². The number of alkyl halides is 3. The van der Waals surface area contributed by atoms with Gasteiger partial charge in [0.1, 0.15) is 5.82 Å². The van der Waals surface area contributed by atoms with Crippen molar-refractivity contribution >= 4 is 24.0 Å². The molecule has 1 aromatic rings. The molecule has 0 heterocycles. The Hall–Kier alpha value is -0.520. The van der Waals surface area contributed by atoms with Gasteiger partial charge in [0.15, 0.2) is 0 Å². The van der Waals surface area contributed by atoms with Crippen LogP contribution in [0.25, 0.3) is 0 Å². The molecule has 0 amide bonds. The van der Waals surface area contributed by atoms with E-state index in [0.29, 0.717) is 0 Å². The summed E-state index contributed by atoms with van der Waals surface area (Å²) >= 11 is 5.55. The zero-order chi connectivity index (χ0) is 13.5. The highest BCUT2D eigenvalue weighted by molar-refractivity contribution is 6.30. The maximum Gasteiger partial charge on any atom is 0.416 e. The van der Waals surface area contributed by atoms with E-state index in [1.54, 1.807) is 0 Å². The number of benzene rings is 1. The van der Waals surface area contributed by atoms with E-state index in [9.17, 15) is 17.6 Å². The highest BCUT2D eigenvalue weighted by Crippen LogP contribution is 2.43. The molecule has 2 N–H and O–H groups in total. The van der Waals surface area contributed by atoms with Crippen molar-refractivity contribution in [3.05, 3.63) is 34.1 Å². The molecule has 1 fully saturated rings. The van der Waals surface area contributed by atoms with Gasteiger partial charge in [0.2, 0.25) is 0 Å². The van der Waals surface area contributed by atoms with Crippen LogP contribution in [0.4, 0.5) is 17.6 Å². The molecule has 0 spiro atoms. The van der Waals surface area contributed by atoms with Crippen molar-refractivity contribution < 1.29 is 17.6 Å². The zero-order valence-corrected chi connectivity index (χ0v) is 11.4. The maximum absolute atomic E-state index is 13.9. The average molecular weight is 318 g/mol. The fourth-order valence-corrected chi connectivity index (χ4v) is 2.34. The summed E-state index contributed by atoms with van der Waals surface area (Å²) in [4.78, 5) is 0. The average Bonchev–Trinajstić information content (AvgIpc) is 2.17. The molecule has 19 heavy (non-hydrogen) atoms. The summed E-state index contributed by atoms with van der Waals surface area (Å²) in [5.41, 5.74) is 4.24. The Balaban J connectivity index is 0.00000180. The van der Waals surface area contributed by atoms with Gasteiger partial charge in [-0.3, -0.25) is 0 Å². The van der Waals surface area contributed by atoms with Gasteiger partial charge in [0.25, 0.3) is 0 Å². The minimum absolute atomic E-state index is 0. The van der Waals surface area contributed by atoms with Gasteiger partial charge in [-0.1, -0.05) is 18.0 Å². The van der Waals surface area contributed by atoms with Crippen LogP contribution in [-0.2, 0) is 6.18 Å². The second-order valence-corrected chi connectivity index (χ2v) is 4.94. The number of halogens is 6. The lowest BCUT2D eigenvalue weighted by Gasteiger charge is -2.33. The third-order valence-electron chi connectivity index (χ3n) is 3.43. The van der Waals surface area contributed by atoms with Crippen LogP contribution in [0.1, 0.15) is 36.4 Å². The van der Waals surface area contributed by atoms with E-state index in [1.807, 2.05) is 0 Å². The van der Waals surface area contributed by atoms with Crippen LogP contribution in [0.5, 0.6) is 0 Å². The van der Waals surface area contributed by atoms with Gasteiger partial charge in [-0.25, -0.2) is 4.39 Å². The molecule has 0 aromatic heterocycles. The van der Waals surface area contributed by atoms with Gasteiger partial charge < -0.3 is 5.73 Å². The lowest BCUT2D eigenvalue weighted by atomic mass is 9.76. The third kappa shape index (κ3) is 3.15. The van der Waals surface area contributed by atoms with E-state index in [-0.39, 0.29) is 23.3 Å². The van der Waals surface area contributed by atoms with Crippen LogP contribution in [0.2, 0.25) is 5.02 Å². The maximum atomic E-state index is 13.9. The first-order valence-corrected chi connectivity index (χ1v) is 6.01. The van der Waals surface area contributed by atoms with Crippen molar-refractivity contribution in [2.45, 2.75) is 31.5 Å². The molecular formula is C12H13Cl2F4N. The van der Waals surface area contributed by atoms with E-state index in [1.165, 1.54) is 0 Å². The summed E-state index contributed by atoms with van der Waals surface area (Å²) in [6.45, 7) is 0. The van der Waals surface area contributed by atoms with Gasteiger partial charge >= 0.3 is 6.18 Å². The summed E-state index contributed by atoms with van der Waals surface area (Å²) < 4.78 is 52.4. The predicted octanol–water partition coefficient (Wildman–Crippen LogP) is 4.72. The summed E-state index contributed by atoms with van der Waals surface area (Å²) in [5, 5.41) is -0.326. The van der Waals surface area contributed by atoms with Crippen molar-refractivity contribution in [1.29, 1.82) is 0 Å². The monoisotopic (exact) mass is 317 g/mol. The van der Waals surface area contributed by atoms with Crippen LogP contribution < -0.4 is 5.73 Å². The highest BCUT2D eigenvalue weighted by atomic mass is 35.5. The SMILES string of the molecule is Cl.N[C@@H](c1c(C(F)(F)F)ccc(Cl)c1F)C1CCC1. The molecule has 0 aliphatic heterocycles. The normalized spacial score (nSPS) is 17.6. The van der Waals surface area contributed by atoms with Crippen molar-refractivity contribution in [2.24, 2.45) is 11.7 Å². The first kappa shape index (κ1) is 16.5. The van der Waals surface area contributed by atoms with Crippen molar-refractivity contribution in [3.63, 3.8) is 0 Å². The molecule has 1 aromatic carbocycles.